The number of amides is 2. The number of carbonyl (C=O) groups excluding carboxylic acids is 2. The Morgan fingerprint density at radius 3 is 2.31 bits per heavy atom. The molecule has 8 heteroatoms. The average molecular weight is 504 g/mol. The van der Waals surface area contributed by atoms with E-state index in [9.17, 15) is 18.0 Å². The number of aryl methyl sites for hydroxylation is 2. The van der Waals surface area contributed by atoms with Gasteiger partial charge in [0, 0.05) is 44.0 Å². The number of carbonyl (C=O) groups is 2. The molecule has 0 atom stereocenters. The van der Waals surface area contributed by atoms with Crippen molar-refractivity contribution in [3.8, 4) is 0 Å². The highest BCUT2D eigenvalue weighted by molar-refractivity contribution is 7.91. The normalized spacial score (nSPS) is 16.9. The van der Waals surface area contributed by atoms with E-state index in [1.54, 1.807) is 36.1 Å². The zero-order chi connectivity index (χ0) is 25.6. The highest BCUT2D eigenvalue weighted by Gasteiger charge is 2.35. The first kappa shape index (κ1) is 24.1. The van der Waals surface area contributed by atoms with Crippen LogP contribution < -0.4 is 9.80 Å². The summed E-state index contributed by atoms with van der Waals surface area (Å²) >= 11 is 0. The van der Waals surface area contributed by atoms with E-state index in [4.69, 9.17) is 0 Å². The second kappa shape index (κ2) is 9.09. The SMILES string of the molecule is CCN1C(=O)c2ccccc2S(=O)(=O)c2ccc(C(=O)N3CCN(c4cc(C)ccc4C)CC3)cc21. The van der Waals surface area contributed by atoms with Crippen molar-refractivity contribution in [3.63, 3.8) is 0 Å². The molecule has 0 bridgehead atoms. The maximum Gasteiger partial charge on any atom is 0.259 e. The summed E-state index contributed by atoms with van der Waals surface area (Å²) in [6, 6.07) is 17.2. The summed E-state index contributed by atoms with van der Waals surface area (Å²) in [6.07, 6.45) is 0. The number of piperazine rings is 1. The molecule has 3 aromatic rings. The van der Waals surface area contributed by atoms with Crippen LogP contribution in [0.2, 0.25) is 0 Å². The zero-order valence-corrected chi connectivity index (χ0v) is 21.5. The van der Waals surface area contributed by atoms with E-state index in [0.717, 1.165) is 0 Å². The lowest BCUT2D eigenvalue weighted by Gasteiger charge is -2.37. The molecule has 2 aliphatic heterocycles. The lowest BCUT2D eigenvalue weighted by Crippen LogP contribution is -2.49. The summed E-state index contributed by atoms with van der Waals surface area (Å²) < 4.78 is 26.9. The van der Waals surface area contributed by atoms with Crippen LogP contribution in [0.15, 0.2) is 70.5 Å². The molecule has 0 aromatic heterocycles. The Morgan fingerprint density at radius 2 is 1.58 bits per heavy atom. The maximum absolute atomic E-state index is 13.4. The van der Waals surface area contributed by atoms with Gasteiger partial charge in [-0.25, -0.2) is 8.42 Å². The molecule has 0 N–H and O–H groups in total. The zero-order valence-electron chi connectivity index (χ0n) is 20.7. The molecular formula is C28H29N3O4S. The molecule has 36 heavy (non-hydrogen) atoms. The van der Waals surface area contributed by atoms with E-state index in [1.807, 2.05) is 0 Å². The Hall–Kier alpha value is -3.65. The van der Waals surface area contributed by atoms with E-state index < -0.39 is 9.84 Å². The highest BCUT2D eigenvalue weighted by Crippen LogP contribution is 2.37. The number of hydrogen-bond donors (Lipinski definition) is 0. The van der Waals surface area contributed by atoms with Gasteiger partial charge in [0.1, 0.15) is 0 Å². The van der Waals surface area contributed by atoms with Crippen LogP contribution in [0, 0.1) is 13.8 Å². The van der Waals surface area contributed by atoms with Gasteiger partial charge in [-0.05, 0) is 68.3 Å². The Labute approximate surface area is 211 Å². The topological polar surface area (TPSA) is 78.0 Å². The standard InChI is InChI=1S/C28H29N3O4S/c1-4-31-24-18-21(11-12-26(24)36(34,35)25-8-6-5-7-22(25)28(31)33)27(32)30-15-13-29(14-16-30)23-17-19(2)9-10-20(23)3/h5-12,17-18H,4,13-16H2,1-3H3. The third-order valence-electron chi connectivity index (χ3n) is 7.03. The minimum atomic E-state index is -3.92. The van der Waals surface area contributed by atoms with Gasteiger partial charge in [-0.3, -0.25) is 9.59 Å². The van der Waals surface area contributed by atoms with Gasteiger partial charge in [0.25, 0.3) is 11.8 Å². The lowest BCUT2D eigenvalue weighted by molar-refractivity contribution is 0.0746. The van der Waals surface area contributed by atoms with E-state index in [0.29, 0.717) is 31.7 Å². The molecule has 5 rings (SSSR count). The molecule has 3 aromatic carbocycles. The average Bonchev–Trinajstić information content (AvgIpc) is 2.96. The van der Waals surface area contributed by atoms with E-state index in [2.05, 4.69) is 36.9 Å². The van der Waals surface area contributed by atoms with Crippen LogP contribution in [0.3, 0.4) is 0 Å². The molecule has 7 nitrogen and oxygen atoms in total. The van der Waals surface area contributed by atoms with Crippen LogP contribution in [0.4, 0.5) is 11.4 Å². The predicted molar refractivity (Wildman–Crippen MR) is 140 cm³/mol. The van der Waals surface area contributed by atoms with Crippen molar-refractivity contribution < 1.29 is 18.0 Å². The van der Waals surface area contributed by atoms with Gasteiger partial charge in [0.05, 0.1) is 21.0 Å². The molecule has 2 heterocycles. The van der Waals surface area contributed by atoms with Crippen molar-refractivity contribution >= 4 is 33.0 Å². The Bertz CT molecular complexity index is 1470. The van der Waals surface area contributed by atoms with Crippen LogP contribution in [0.5, 0.6) is 0 Å². The number of hydrogen-bond acceptors (Lipinski definition) is 5. The second-order valence-electron chi connectivity index (χ2n) is 9.30. The number of benzene rings is 3. The molecule has 186 valence electrons. The summed E-state index contributed by atoms with van der Waals surface area (Å²) in [5.41, 5.74) is 4.36. The fourth-order valence-corrected chi connectivity index (χ4v) is 6.68. The van der Waals surface area contributed by atoms with E-state index >= 15 is 0 Å². The van der Waals surface area contributed by atoms with Crippen molar-refractivity contribution in [3.05, 3.63) is 82.9 Å². The van der Waals surface area contributed by atoms with Crippen molar-refractivity contribution in [1.82, 2.24) is 4.90 Å². The number of sulfone groups is 1. The van der Waals surface area contributed by atoms with Crippen molar-refractivity contribution in [2.24, 2.45) is 0 Å². The van der Waals surface area contributed by atoms with Crippen LogP contribution in [-0.4, -0.2) is 57.9 Å². The summed E-state index contributed by atoms with van der Waals surface area (Å²) in [5.74, 6) is -0.553. The minimum Gasteiger partial charge on any atom is -0.368 e. The third kappa shape index (κ3) is 3.95. The molecule has 1 fully saturated rings. The molecule has 2 aliphatic rings. The first-order valence-electron chi connectivity index (χ1n) is 12.1. The summed E-state index contributed by atoms with van der Waals surface area (Å²) in [4.78, 5) is 32.3. The highest BCUT2D eigenvalue weighted by atomic mass is 32.2. The smallest absolute Gasteiger partial charge is 0.259 e. The first-order valence-corrected chi connectivity index (χ1v) is 13.6. The molecule has 1 saturated heterocycles. The monoisotopic (exact) mass is 503 g/mol. The van der Waals surface area contributed by atoms with Crippen LogP contribution in [0.25, 0.3) is 0 Å². The number of fused-ring (bicyclic) bond motifs is 2. The third-order valence-corrected chi connectivity index (χ3v) is 8.89. The molecule has 0 aliphatic carbocycles. The Morgan fingerprint density at radius 1 is 0.861 bits per heavy atom. The van der Waals surface area contributed by atoms with Crippen LogP contribution in [-0.2, 0) is 9.84 Å². The largest absolute Gasteiger partial charge is 0.368 e. The van der Waals surface area contributed by atoms with Crippen molar-refractivity contribution in [1.29, 1.82) is 0 Å². The quantitative estimate of drug-likeness (QED) is 0.538. The lowest BCUT2D eigenvalue weighted by atomic mass is 10.1. The van der Waals surface area contributed by atoms with Gasteiger partial charge in [-0.1, -0.05) is 24.3 Å². The van der Waals surface area contributed by atoms with Crippen molar-refractivity contribution in [2.75, 3.05) is 42.5 Å². The molecule has 0 spiro atoms. The van der Waals surface area contributed by atoms with Gasteiger partial charge in [0.2, 0.25) is 9.84 Å². The van der Waals surface area contributed by atoms with Gasteiger partial charge >= 0.3 is 0 Å². The van der Waals surface area contributed by atoms with Crippen molar-refractivity contribution in [2.45, 2.75) is 30.6 Å². The fraction of sp³-hybridized carbons (Fsp3) is 0.286. The Balaban J connectivity index is 1.44. The van der Waals surface area contributed by atoms with Gasteiger partial charge in [-0.15, -0.1) is 0 Å². The Kier molecular flexibility index (Phi) is 6.08. The second-order valence-corrected chi connectivity index (χ2v) is 11.2. The van der Waals surface area contributed by atoms with E-state index in [1.165, 1.54) is 39.9 Å². The van der Waals surface area contributed by atoms with Crippen LogP contribution in [0.1, 0.15) is 38.8 Å². The molecular weight excluding hydrogens is 474 g/mol. The summed E-state index contributed by atoms with van der Waals surface area (Å²) in [5, 5.41) is 0. The molecule has 0 radical (unpaired) electrons. The fourth-order valence-electron chi connectivity index (χ4n) is 5.05. The first-order chi connectivity index (χ1) is 17.2. The number of nitrogens with zero attached hydrogens (tertiary/aromatic N) is 3. The number of rotatable bonds is 3. The maximum atomic E-state index is 13.4. The molecule has 0 unspecified atom stereocenters. The van der Waals surface area contributed by atoms with Gasteiger partial charge in [0.15, 0.2) is 0 Å². The summed E-state index contributed by atoms with van der Waals surface area (Å²) in [6.45, 7) is 8.78. The summed E-state index contributed by atoms with van der Waals surface area (Å²) in [7, 11) is -3.92. The predicted octanol–water partition coefficient (Wildman–Crippen LogP) is 4.08. The number of anilines is 2. The molecule has 0 saturated carbocycles. The molecule has 2 amide bonds. The minimum absolute atomic E-state index is 0.00570. The van der Waals surface area contributed by atoms with Gasteiger partial charge < -0.3 is 14.7 Å². The van der Waals surface area contributed by atoms with E-state index in [-0.39, 0.29) is 39.4 Å². The van der Waals surface area contributed by atoms with Gasteiger partial charge in [-0.2, -0.15) is 0 Å². The van der Waals surface area contributed by atoms with Crippen LogP contribution >= 0.6 is 0 Å².